The molecule has 0 fully saturated rings. The Bertz CT molecular complexity index is 939. The molecule has 0 radical (unpaired) electrons. The average Bonchev–Trinajstić information content (AvgIpc) is 2.41. The van der Waals surface area contributed by atoms with Gasteiger partial charge in [0.25, 0.3) is 5.56 Å². The highest BCUT2D eigenvalue weighted by Gasteiger charge is 2.12. The Hall–Kier alpha value is -2.70. The Balaban J connectivity index is 2.63. The fraction of sp³-hybridized carbons (Fsp3) is 0.167. The van der Waals surface area contributed by atoms with Gasteiger partial charge in [0.1, 0.15) is 0 Å². The molecule has 0 aliphatic heterocycles. The van der Waals surface area contributed by atoms with E-state index in [1.54, 1.807) is 25.2 Å². The monoisotopic (exact) mass is 257 g/mol. The second-order valence-electron chi connectivity index (χ2n) is 4.35. The lowest BCUT2D eigenvalue weighted by Crippen LogP contribution is -2.37. The minimum absolute atomic E-state index is 0.168. The first kappa shape index (κ1) is 11.4. The Morgan fingerprint density at radius 1 is 1.05 bits per heavy atom. The van der Waals surface area contributed by atoms with Crippen LogP contribution in [0.1, 0.15) is 0 Å². The van der Waals surface area contributed by atoms with E-state index in [9.17, 15) is 9.59 Å². The van der Waals surface area contributed by atoms with Crippen LogP contribution in [0, 0.1) is 0 Å². The molecule has 2 N–H and O–H groups in total. The number of nitrogen functional groups attached to an aromatic ring is 1. The van der Waals surface area contributed by atoms with Gasteiger partial charge in [0.15, 0.2) is 11.2 Å². The van der Waals surface area contributed by atoms with E-state index in [0.29, 0.717) is 16.7 Å². The van der Waals surface area contributed by atoms with Crippen LogP contribution in [0.15, 0.2) is 27.8 Å². The van der Waals surface area contributed by atoms with Gasteiger partial charge in [0.2, 0.25) is 0 Å². The largest absolute Gasteiger partial charge is 0.399 e. The first-order valence-electron chi connectivity index (χ1n) is 5.62. The lowest BCUT2D eigenvalue weighted by molar-refractivity contribution is 0.706. The van der Waals surface area contributed by atoms with Crippen molar-refractivity contribution in [2.24, 2.45) is 14.1 Å². The number of anilines is 1. The van der Waals surface area contributed by atoms with Crippen LogP contribution in [0.4, 0.5) is 5.69 Å². The van der Waals surface area contributed by atoms with Crippen LogP contribution < -0.4 is 17.0 Å². The summed E-state index contributed by atoms with van der Waals surface area (Å²) in [6, 6.07) is 5.04. The van der Waals surface area contributed by atoms with Gasteiger partial charge >= 0.3 is 5.69 Å². The van der Waals surface area contributed by atoms with Gasteiger partial charge in [-0.1, -0.05) is 0 Å². The summed E-state index contributed by atoms with van der Waals surface area (Å²) in [6.45, 7) is 0. The maximum atomic E-state index is 12.0. The third-order valence-corrected chi connectivity index (χ3v) is 3.07. The van der Waals surface area contributed by atoms with E-state index in [1.165, 1.54) is 11.6 Å². The lowest BCUT2D eigenvalue weighted by atomic mass is 10.2. The van der Waals surface area contributed by atoms with E-state index in [2.05, 4.69) is 9.97 Å². The summed E-state index contributed by atoms with van der Waals surface area (Å²) in [5.41, 5.74) is 6.89. The molecule has 0 aliphatic rings. The summed E-state index contributed by atoms with van der Waals surface area (Å²) >= 11 is 0. The van der Waals surface area contributed by atoms with Crippen LogP contribution in [0.5, 0.6) is 0 Å². The summed E-state index contributed by atoms with van der Waals surface area (Å²) in [4.78, 5) is 32.5. The molecule has 7 heteroatoms. The van der Waals surface area contributed by atoms with Crippen LogP contribution >= 0.6 is 0 Å². The number of nitrogens with zero attached hydrogens (tertiary/aromatic N) is 4. The molecule has 0 atom stereocenters. The Morgan fingerprint density at radius 2 is 1.79 bits per heavy atom. The SMILES string of the molecule is Cn1c(=O)c2nc3ccc(N)cc3nc2n(C)c1=O. The van der Waals surface area contributed by atoms with Crippen molar-refractivity contribution in [3.8, 4) is 0 Å². The molecule has 96 valence electrons. The first-order valence-corrected chi connectivity index (χ1v) is 5.62. The third kappa shape index (κ3) is 1.51. The fourth-order valence-electron chi connectivity index (χ4n) is 2.00. The van der Waals surface area contributed by atoms with E-state index < -0.39 is 11.2 Å². The third-order valence-electron chi connectivity index (χ3n) is 3.07. The fourth-order valence-corrected chi connectivity index (χ4v) is 2.00. The molecule has 0 amide bonds. The Kier molecular flexibility index (Phi) is 2.19. The van der Waals surface area contributed by atoms with Crippen molar-refractivity contribution in [1.82, 2.24) is 19.1 Å². The minimum Gasteiger partial charge on any atom is -0.399 e. The van der Waals surface area contributed by atoms with Crippen molar-refractivity contribution in [2.45, 2.75) is 0 Å². The molecule has 2 heterocycles. The van der Waals surface area contributed by atoms with E-state index in [1.807, 2.05) is 0 Å². The molecule has 0 saturated carbocycles. The minimum atomic E-state index is -0.454. The molecular weight excluding hydrogens is 246 g/mol. The second-order valence-corrected chi connectivity index (χ2v) is 4.35. The highest BCUT2D eigenvalue weighted by molar-refractivity contribution is 5.85. The predicted molar refractivity (Wildman–Crippen MR) is 71.9 cm³/mol. The number of benzene rings is 1. The Labute approximate surface area is 106 Å². The van der Waals surface area contributed by atoms with Gasteiger partial charge in [0.05, 0.1) is 11.0 Å². The van der Waals surface area contributed by atoms with Gasteiger partial charge in [-0.3, -0.25) is 13.9 Å². The molecule has 2 aromatic heterocycles. The van der Waals surface area contributed by atoms with Crippen molar-refractivity contribution < 1.29 is 0 Å². The number of nitrogens with two attached hydrogens (primary N) is 1. The highest BCUT2D eigenvalue weighted by atomic mass is 16.2. The zero-order chi connectivity index (χ0) is 13.7. The van der Waals surface area contributed by atoms with Gasteiger partial charge in [-0.05, 0) is 18.2 Å². The van der Waals surface area contributed by atoms with Crippen molar-refractivity contribution in [3.63, 3.8) is 0 Å². The maximum Gasteiger partial charge on any atom is 0.332 e. The van der Waals surface area contributed by atoms with E-state index in [-0.39, 0.29) is 11.2 Å². The number of aromatic nitrogens is 4. The van der Waals surface area contributed by atoms with Crippen molar-refractivity contribution in [2.75, 3.05) is 5.73 Å². The molecule has 19 heavy (non-hydrogen) atoms. The molecule has 0 unspecified atom stereocenters. The second kappa shape index (κ2) is 3.64. The van der Waals surface area contributed by atoms with Crippen LogP contribution in [-0.4, -0.2) is 19.1 Å². The molecule has 7 nitrogen and oxygen atoms in total. The molecule has 0 aliphatic carbocycles. The topological polar surface area (TPSA) is 95.8 Å². The van der Waals surface area contributed by atoms with Crippen LogP contribution in [0.3, 0.4) is 0 Å². The van der Waals surface area contributed by atoms with E-state index in [0.717, 1.165) is 4.57 Å². The van der Waals surface area contributed by atoms with Gasteiger partial charge in [-0.15, -0.1) is 0 Å². The zero-order valence-electron chi connectivity index (χ0n) is 10.4. The van der Waals surface area contributed by atoms with E-state index in [4.69, 9.17) is 5.73 Å². The molecule has 0 bridgehead atoms. The number of rotatable bonds is 0. The zero-order valence-corrected chi connectivity index (χ0v) is 10.4. The van der Waals surface area contributed by atoms with Gasteiger partial charge < -0.3 is 5.73 Å². The standard InChI is InChI=1S/C12H11N5O2/c1-16-10-9(11(18)17(2)12(16)19)14-7-4-3-6(13)5-8(7)15-10/h3-5H,13H2,1-2H3. The Morgan fingerprint density at radius 3 is 2.53 bits per heavy atom. The summed E-state index contributed by atoms with van der Waals surface area (Å²) in [5.74, 6) is 0. The summed E-state index contributed by atoms with van der Waals surface area (Å²) in [6.07, 6.45) is 0. The van der Waals surface area contributed by atoms with Crippen molar-refractivity contribution in [3.05, 3.63) is 39.0 Å². The predicted octanol–water partition coefficient (Wildman–Crippen LogP) is -0.237. The maximum absolute atomic E-state index is 12.0. The lowest BCUT2D eigenvalue weighted by Gasteiger charge is -2.07. The van der Waals surface area contributed by atoms with Crippen LogP contribution in [0.2, 0.25) is 0 Å². The quantitative estimate of drug-likeness (QED) is 0.443. The normalized spacial score (nSPS) is 11.3. The smallest absolute Gasteiger partial charge is 0.332 e. The van der Waals surface area contributed by atoms with Gasteiger partial charge in [-0.2, -0.15) is 0 Å². The number of aryl methyl sites for hydroxylation is 1. The van der Waals surface area contributed by atoms with Crippen molar-refractivity contribution in [1.29, 1.82) is 0 Å². The molecule has 0 saturated heterocycles. The number of fused-ring (bicyclic) bond motifs is 2. The summed E-state index contributed by atoms with van der Waals surface area (Å²) in [7, 11) is 2.97. The molecule has 1 aromatic carbocycles. The number of hydrogen-bond donors (Lipinski definition) is 1. The van der Waals surface area contributed by atoms with Crippen LogP contribution in [0.25, 0.3) is 22.2 Å². The molecular formula is C12H11N5O2. The van der Waals surface area contributed by atoms with Gasteiger partial charge in [0, 0.05) is 19.8 Å². The highest BCUT2D eigenvalue weighted by Crippen LogP contribution is 2.15. The van der Waals surface area contributed by atoms with Crippen LogP contribution in [-0.2, 0) is 14.1 Å². The number of hydrogen-bond acceptors (Lipinski definition) is 5. The summed E-state index contributed by atoms with van der Waals surface area (Å²) in [5, 5.41) is 0. The summed E-state index contributed by atoms with van der Waals surface area (Å²) < 4.78 is 2.31. The molecule has 3 aromatic rings. The average molecular weight is 257 g/mol. The van der Waals surface area contributed by atoms with E-state index >= 15 is 0 Å². The molecule has 0 spiro atoms. The van der Waals surface area contributed by atoms with Crippen molar-refractivity contribution >= 4 is 27.9 Å². The molecule has 3 rings (SSSR count). The first-order chi connectivity index (χ1) is 8.99. The van der Waals surface area contributed by atoms with Gasteiger partial charge in [-0.25, -0.2) is 14.8 Å².